The van der Waals surface area contributed by atoms with Crippen LogP contribution in [0.2, 0.25) is 5.35 Å². The molecule has 5 aromatic rings. The molecule has 0 aliphatic heterocycles. The molecule has 1 aliphatic carbocycles. The van der Waals surface area contributed by atoms with E-state index in [1.54, 1.807) is 25.4 Å². The Labute approximate surface area is 312 Å². The van der Waals surface area contributed by atoms with Crippen molar-refractivity contribution in [3.63, 3.8) is 0 Å². The van der Waals surface area contributed by atoms with Crippen LogP contribution in [0.3, 0.4) is 0 Å². The van der Waals surface area contributed by atoms with Crippen molar-refractivity contribution in [1.82, 2.24) is 9.97 Å². The van der Waals surface area contributed by atoms with Crippen LogP contribution in [0.25, 0.3) is 16.9 Å². The number of ether oxygens (including phenoxy) is 3. The first-order valence-electron chi connectivity index (χ1n) is 17.3. The summed E-state index contributed by atoms with van der Waals surface area (Å²) in [5.41, 5.74) is 4.03. The third kappa shape index (κ3) is 14.3. The predicted molar refractivity (Wildman–Crippen MR) is 208 cm³/mol. The Morgan fingerprint density at radius 2 is 1.62 bits per heavy atom. The lowest BCUT2D eigenvalue weighted by Crippen LogP contribution is -2.31. The van der Waals surface area contributed by atoms with E-state index >= 15 is 0 Å². The van der Waals surface area contributed by atoms with Crippen LogP contribution >= 0.6 is 11.6 Å². The van der Waals surface area contributed by atoms with E-state index in [0.717, 1.165) is 46.6 Å². The van der Waals surface area contributed by atoms with Crippen LogP contribution in [0.4, 0.5) is 0 Å². The number of benzene rings is 3. The summed E-state index contributed by atoms with van der Waals surface area (Å²) in [6.45, 7) is 11.9. The standard InChI is InChI=1S/C27H25NO5.C9H8ClNO.C5H8.C2H6/c1-2-30-26(29)24(32-27-28-18-25(33-27)22-11-7-4-8-12-22)17-20-13-15-23(16-14-20)31-19-21-9-5-3-6-10-21;10-9-11-6-8(12-9)7-4-2-1-3-5-7;1-3-5-4-2;1-2/h3-16,18,24H,2,17,19H2,1H3;1-2,4,6H,3,5H2;3-5H,1H2,2H3;1-2H3/b;;5-4-;. The lowest BCUT2D eigenvalue weighted by Gasteiger charge is -2.15. The number of carbonyl (C=O) groups excluding carboxylic acids is 1. The van der Waals surface area contributed by atoms with Gasteiger partial charge in [0.15, 0.2) is 11.5 Å². The molecule has 6 rings (SSSR count). The van der Waals surface area contributed by atoms with Gasteiger partial charge in [0.2, 0.25) is 6.10 Å². The van der Waals surface area contributed by atoms with E-state index in [2.05, 4.69) is 22.6 Å². The van der Waals surface area contributed by atoms with Gasteiger partial charge in [0.1, 0.15) is 12.4 Å². The van der Waals surface area contributed by atoms with Crippen LogP contribution < -0.4 is 9.47 Å². The Balaban J connectivity index is 0.000000314. The maximum Gasteiger partial charge on any atom is 0.394 e. The lowest BCUT2D eigenvalue weighted by atomic mass is 10.0. The minimum Gasteiger partial charge on any atom is -0.489 e. The summed E-state index contributed by atoms with van der Waals surface area (Å²) in [7, 11) is 0. The molecule has 9 heteroatoms. The summed E-state index contributed by atoms with van der Waals surface area (Å²) < 4.78 is 27.7. The molecule has 0 saturated carbocycles. The molecular weight excluding hydrogens is 676 g/mol. The van der Waals surface area contributed by atoms with Crippen LogP contribution in [-0.4, -0.2) is 28.6 Å². The Morgan fingerprint density at radius 1 is 0.923 bits per heavy atom. The van der Waals surface area contributed by atoms with Crippen molar-refractivity contribution in [3.05, 3.63) is 163 Å². The molecule has 0 spiro atoms. The molecule has 0 N–H and O–H groups in total. The third-order valence-electron chi connectivity index (χ3n) is 7.06. The lowest BCUT2D eigenvalue weighted by molar-refractivity contribution is -0.152. The van der Waals surface area contributed by atoms with E-state index in [-0.39, 0.29) is 18.0 Å². The number of hydrogen-bond donors (Lipinski definition) is 0. The van der Waals surface area contributed by atoms with Crippen molar-refractivity contribution in [2.24, 2.45) is 0 Å². The fraction of sp³-hybridized carbons (Fsp3) is 0.233. The minimum absolute atomic E-state index is 0.0229. The van der Waals surface area contributed by atoms with Crippen molar-refractivity contribution in [1.29, 1.82) is 0 Å². The van der Waals surface area contributed by atoms with Gasteiger partial charge in [-0.1, -0.05) is 130 Å². The topological polar surface area (TPSA) is 96.8 Å². The molecule has 0 fully saturated rings. The molecule has 1 unspecified atom stereocenters. The second kappa shape index (κ2) is 23.7. The first-order valence-corrected chi connectivity index (χ1v) is 17.7. The number of nitrogens with zero attached hydrogens (tertiary/aromatic N) is 2. The summed E-state index contributed by atoms with van der Waals surface area (Å²) in [5, 5.41) is 0.209. The van der Waals surface area contributed by atoms with E-state index in [1.807, 2.05) is 130 Å². The van der Waals surface area contributed by atoms with E-state index in [4.69, 9.17) is 34.6 Å². The number of allylic oxidation sites excluding steroid dienone is 7. The highest BCUT2D eigenvalue weighted by Crippen LogP contribution is 2.26. The van der Waals surface area contributed by atoms with Gasteiger partial charge in [-0.2, -0.15) is 4.98 Å². The smallest absolute Gasteiger partial charge is 0.394 e. The van der Waals surface area contributed by atoms with Crippen LogP contribution in [0, 0.1) is 0 Å². The molecule has 3 aromatic carbocycles. The maximum absolute atomic E-state index is 12.5. The van der Waals surface area contributed by atoms with E-state index in [0.29, 0.717) is 18.8 Å². The van der Waals surface area contributed by atoms with Crippen LogP contribution in [-0.2, 0) is 22.6 Å². The monoisotopic (exact) mass is 722 g/mol. The summed E-state index contributed by atoms with van der Waals surface area (Å²) in [6.07, 6.45) is 16.5. The summed E-state index contributed by atoms with van der Waals surface area (Å²) in [5.74, 6) is 1.62. The van der Waals surface area contributed by atoms with Gasteiger partial charge < -0.3 is 23.0 Å². The van der Waals surface area contributed by atoms with Crippen molar-refractivity contribution in [3.8, 4) is 23.1 Å². The van der Waals surface area contributed by atoms with Crippen LogP contribution in [0.1, 0.15) is 57.4 Å². The van der Waals surface area contributed by atoms with Crippen molar-refractivity contribution >= 4 is 23.1 Å². The molecule has 8 nitrogen and oxygen atoms in total. The summed E-state index contributed by atoms with van der Waals surface area (Å²) >= 11 is 5.56. The second-order valence-electron chi connectivity index (χ2n) is 10.7. The number of oxazole rings is 2. The quantitative estimate of drug-likeness (QED) is 0.0927. The molecule has 0 radical (unpaired) electrons. The van der Waals surface area contributed by atoms with Crippen LogP contribution in [0.15, 0.2) is 149 Å². The normalized spacial score (nSPS) is 12.1. The average molecular weight is 723 g/mol. The summed E-state index contributed by atoms with van der Waals surface area (Å²) in [4.78, 5) is 20.5. The number of carbonyl (C=O) groups is 1. The largest absolute Gasteiger partial charge is 0.489 e. The number of esters is 1. The first-order chi connectivity index (χ1) is 25.5. The van der Waals surface area contributed by atoms with Crippen molar-refractivity contribution in [2.75, 3.05) is 6.61 Å². The number of halogens is 1. The molecule has 0 bridgehead atoms. The summed E-state index contributed by atoms with van der Waals surface area (Å²) in [6, 6.07) is 27.1. The highest BCUT2D eigenvalue weighted by molar-refractivity contribution is 6.27. The molecule has 2 heterocycles. The maximum atomic E-state index is 12.5. The van der Waals surface area contributed by atoms with E-state index < -0.39 is 12.1 Å². The Morgan fingerprint density at radius 3 is 2.19 bits per heavy atom. The zero-order valence-electron chi connectivity index (χ0n) is 30.2. The molecule has 272 valence electrons. The Kier molecular flexibility index (Phi) is 18.6. The highest BCUT2D eigenvalue weighted by atomic mass is 35.5. The number of aromatic nitrogens is 2. The molecular formula is C43H47ClN2O6. The fourth-order valence-electron chi connectivity index (χ4n) is 4.60. The van der Waals surface area contributed by atoms with E-state index in [1.165, 1.54) is 0 Å². The van der Waals surface area contributed by atoms with Gasteiger partial charge in [-0.15, -0.1) is 0 Å². The molecule has 1 atom stereocenters. The molecule has 1 aliphatic rings. The van der Waals surface area contributed by atoms with Crippen molar-refractivity contribution in [2.45, 2.75) is 59.7 Å². The second-order valence-corrected chi connectivity index (χ2v) is 11.1. The number of hydrogen-bond acceptors (Lipinski definition) is 8. The van der Waals surface area contributed by atoms with Gasteiger partial charge in [0, 0.05) is 12.0 Å². The third-order valence-corrected chi connectivity index (χ3v) is 7.24. The number of rotatable bonds is 12. The average Bonchev–Trinajstić information content (AvgIpc) is 3.86. The van der Waals surface area contributed by atoms with E-state index in [9.17, 15) is 4.79 Å². The Bertz CT molecular complexity index is 1830. The van der Waals surface area contributed by atoms with Gasteiger partial charge in [0.25, 0.3) is 5.35 Å². The molecule has 0 amide bonds. The SMILES string of the molecule is C=C/C=C\C.CC.CCOC(=O)C(Cc1ccc(OCc2ccccc2)cc1)Oc1ncc(-c2ccccc2)o1.Clc1ncc(C2=CC=CCC2)o1. The first kappa shape index (κ1) is 40.8. The molecule has 2 aromatic heterocycles. The fourth-order valence-corrected chi connectivity index (χ4v) is 4.73. The minimum atomic E-state index is -0.886. The zero-order chi connectivity index (χ0) is 37.4. The highest BCUT2D eigenvalue weighted by Gasteiger charge is 2.25. The van der Waals surface area contributed by atoms with Gasteiger partial charge in [0.05, 0.1) is 19.0 Å². The zero-order valence-corrected chi connectivity index (χ0v) is 31.0. The predicted octanol–water partition coefficient (Wildman–Crippen LogP) is 11.3. The van der Waals surface area contributed by atoms with Gasteiger partial charge in [-0.3, -0.25) is 0 Å². The molecule has 52 heavy (non-hydrogen) atoms. The van der Waals surface area contributed by atoms with Gasteiger partial charge >= 0.3 is 12.0 Å². The van der Waals surface area contributed by atoms with Gasteiger partial charge in [-0.25, -0.2) is 9.78 Å². The van der Waals surface area contributed by atoms with Crippen LogP contribution in [0.5, 0.6) is 11.8 Å². The molecule has 0 saturated heterocycles. The van der Waals surface area contributed by atoms with Crippen molar-refractivity contribution < 1.29 is 27.8 Å². The van der Waals surface area contributed by atoms with Gasteiger partial charge in [-0.05, 0) is 67.1 Å². The Hall–Kier alpha value is -5.60.